The van der Waals surface area contributed by atoms with Crippen molar-refractivity contribution in [3.63, 3.8) is 0 Å². The smallest absolute Gasteiger partial charge is 0.131 e. The van der Waals surface area contributed by atoms with Crippen LogP contribution in [0.25, 0.3) is 0 Å². The average molecular weight is 269 g/mol. The zero-order valence-electron chi connectivity index (χ0n) is 11.2. The molecule has 1 N–H and O–H groups in total. The molecule has 2 rings (SSSR count). The first-order valence-corrected chi connectivity index (χ1v) is 7.83. The third-order valence-electron chi connectivity index (χ3n) is 3.17. The molecule has 18 heavy (non-hydrogen) atoms. The van der Waals surface area contributed by atoms with Crippen molar-refractivity contribution in [2.75, 3.05) is 13.2 Å². The van der Waals surface area contributed by atoms with E-state index in [-0.39, 0.29) is 0 Å². The summed E-state index contributed by atoms with van der Waals surface area (Å²) in [6.45, 7) is 5.01. The maximum absolute atomic E-state index is 5.73. The van der Waals surface area contributed by atoms with Gasteiger partial charge in [0, 0.05) is 19.6 Å². The molecular formula is C13H23N3OS. The maximum atomic E-state index is 5.73. The summed E-state index contributed by atoms with van der Waals surface area (Å²) in [5.74, 6) is 0. The van der Waals surface area contributed by atoms with Crippen molar-refractivity contribution in [2.24, 2.45) is 0 Å². The van der Waals surface area contributed by atoms with Crippen LogP contribution in [-0.4, -0.2) is 29.5 Å². The number of hydrogen-bond acceptors (Lipinski definition) is 5. The summed E-state index contributed by atoms with van der Waals surface area (Å²) in [5.41, 5.74) is 0. The molecule has 0 radical (unpaired) electrons. The highest BCUT2D eigenvalue weighted by Gasteiger charge is 2.14. The molecule has 1 fully saturated rings. The zero-order chi connectivity index (χ0) is 12.6. The van der Waals surface area contributed by atoms with E-state index in [2.05, 4.69) is 22.4 Å². The Morgan fingerprint density at radius 3 is 3.00 bits per heavy atom. The molecule has 1 aliphatic rings. The largest absolute Gasteiger partial charge is 0.378 e. The molecular weight excluding hydrogens is 246 g/mol. The lowest BCUT2D eigenvalue weighted by molar-refractivity contribution is 0.0115. The lowest BCUT2D eigenvalue weighted by Gasteiger charge is -2.21. The molecule has 0 bridgehead atoms. The van der Waals surface area contributed by atoms with E-state index in [1.165, 1.54) is 19.3 Å². The van der Waals surface area contributed by atoms with Gasteiger partial charge in [-0.1, -0.05) is 6.92 Å². The van der Waals surface area contributed by atoms with Crippen LogP contribution in [0.4, 0.5) is 0 Å². The minimum atomic E-state index is 0.448. The summed E-state index contributed by atoms with van der Waals surface area (Å²) in [7, 11) is 0. The van der Waals surface area contributed by atoms with E-state index in [9.17, 15) is 0 Å². The van der Waals surface area contributed by atoms with Crippen molar-refractivity contribution >= 4 is 11.3 Å². The molecule has 102 valence electrons. The lowest BCUT2D eigenvalue weighted by Crippen LogP contribution is -2.19. The van der Waals surface area contributed by atoms with Gasteiger partial charge in [0.05, 0.1) is 6.10 Å². The average Bonchev–Trinajstić information content (AvgIpc) is 2.86. The highest BCUT2D eigenvalue weighted by Crippen LogP contribution is 2.19. The van der Waals surface area contributed by atoms with E-state index in [1.54, 1.807) is 11.3 Å². The van der Waals surface area contributed by atoms with E-state index < -0.39 is 0 Å². The van der Waals surface area contributed by atoms with Gasteiger partial charge in [0.25, 0.3) is 0 Å². The Labute approximate surface area is 113 Å². The van der Waals surface area contributed by atoms with E-state index in [4.69, 9.17) is 4.74 Å². The molecule has 1 aromatic heterocycles. The second-order valence-electron chi connectivity index (χ2n) is 4.79. The summed E-state index contributed by atoms with van der Waals surface area (Å²) in [6, 6.07) is 0. The summed E-state index contributed by atoms with van der Waals surface area (Å²) < 4.78 is 5.73. The number of nitrogens with one attached hydrogen (secondary N) is 1. The van der Waals surface area contributed by atoms with Gasteiger partial charge in [0.15, 0.2) is 0 Å². The molecule has 1 saturated heterocycles. The third-order valence-corrected chi connectivity index (χ3v) is 4.15. The number of hydrogen-bond donors (Lipinski definition) is 1. The Kier molecular flexibility index (Phi) is 6.04. The quantitative estimate of drug-likeness (QED) is 0.773. The Hall–Kier alpha value is -0.520. The monoisotopic (exact) mass is 269 g/mol. The van der Waals surface area contributed by atoms with Crippen LogP contribution in [0.3, 0.4) is 0 Å². The molecule has 1 atom stereocenters. The van der Waals surface area contributed by atoms with Crippen LogP contribution in [0, 0.1) is 0 Å². The van der Waals surface area contributed by atoms with Gasteiger partial charge in [-0.3, -0.25) is 0 Å². The van der Waals surface area contributed by atoms with Crippen LogP contribution in [0.15, 0.2) is 0 Å². The van der Waals surface area contributed by atoms with Gasteiger partial charge >= 0.3 is 0 Å². The topological polar surface area (TPSA) is 47.0 Å². The first-order chi connectivity index (χ1) is 8.88. The second-order valence-corrected chi connectivity index (χ2v) is 5.94. The van der Waals surface area contributed by atoms with Crippen LogP contribution in [0.5, 0.6) is 0 Å². The molecule has 4 nitrogen and oxygen atoms in total. The fourth-order valence-corrected chi connectivity index (χ4v) is 2.98. The van der Waals surface area contributed by atoms with Gasteiger partial charge < -0.3 is 10.1 Å². The molecule has 1 aromatic rings. The van der Waals surface area contributed by atoms with Crippen LogP contribution >= 0.6 is 11.3 Å². The predicted molar refractivity (Wildman–Crippen MR) is 73.8 cm³/mol. The Morgan fingerprint density at radius 1 is 1.33 bits per heavy atom. The van der Waals surface area contributed by atoms with Gasteiger partial charge in [0.1, 0.15) is 10.0 Å². The van der Waals surface area contributed by atoms with E-state index >= 15 is 0 Å². The standard InChI is InChI=1S/C13H23N3OS/c1-2-8-14-10-13-16-15-12(18-13)7-6-11-5-3-4-9-17-11/h11,14H,2-10H2,1H3. The maximum Gasteiger partial charge on any atom is 0.131 e. The predicted octanol–water partition coefficient (Wildman–Crippen LogP) is 2.54. The number of aromatic nitrogens is 2. The summed E-state index contributed by atoms with van der Waals surface area (Å²) in [4.78, 5) is 0. The number of aryl methyl sites for hydroxylation is 1. The van der Waals surface area contributed by atoms with Crippen LogP contribution in [0.1, 0.15) is 49.0 Å². The van der Waals surface area contributed by atoms with Crippen molar-refractivity contribution < 1.29 is 4.74 Å². The normalized spacial score (nSPS) is 20.2. The second kappa shape index (κ2) is 7.81. The van der Waals surface area contributed by atoms with E-state index in [0.29, 0.717) is 6.10 Å². The SMILES string of the molecule is CCCNCc1nnc(CCC2CCCCO2)s1. The fraction of sp³-hybridized carbons (Fsp3) is 0.846. The minimum Gasteiger partial charge on any atom is -0.378 e. The zero-order valence-corrected chi connectivity index (χ0v) is 12.0. The Morgan fingerprint density at radius 2 is 2.22 bits per heavy atom. The third kappa shape index (κ3) is 4.63. The van der Waals surface area contributed by atoms with Crippen molar-refractivity contribution in [3.05, 3.63) is 10.0 Å². The highest BCUT2D eigenvalue weighted by atomic mass is 32.1. The molecule has 0 aromatic carbocycles. The Balaban J connectivity index is 1.69. The van der Waals surface area contributed by atoms with Crippen LogP contribution in [0.2, 0.25) is 0 Å². The van der Waals surface area contributed by atoms with Crippen LogP contribution in [-0.2, 0) is 17.7 Å². The first kappa shape index (κ1) is 13.9. The van der Waals surface area contributed by atoms with Crippen molar-refractivity contribution in [1.82, 2.24) is 15.5 Å². The van der Waals surface area contributed by atoms with E-state index in [1.807, 2.05) is 0 Å². The van der Waals surface area contributed by atoms with Gasteiger partial charge in [-0.05, 0) is 38.6 Å². The van der Waals surface area contributed by atoms with Gasteiger partial charge in [-0.2, -0.15) is 0 Å². The molecule has 0 amide bonds. The molecule has 1 unspecified atom stereocenters. The molecule has 0 spiro atoms. The number of rotatable bonds is 7. The molecule has 1 aliphatic heterocycles. The van der Waals surface area contributed by atoms with Gasteiger partial charge in [0.2, 0.25) is 0 Å². The van der Waals surface area contributed by atoms with Crippen molar-refractivity contribution in [1.29, 1.82) is 0 Å². The highest BCUT2D eigenvalue weighted by molar-refractivity contribution is 7.11. The molecule has 5 heteroatoms. The molecule has 2 heterocycles. The summed E-state index contributed by atoms with van der Waals surface area (Å²) in [6.07, 6.45) is 7.46. The number of ether oxygens (including phenoxy) is 1. The lowest BCUT2D eigenvalue weighted by atomic mass is 10.1. The summed E-state index contributed by atoms with van der Waals surface area (Å²) >= 11 is 1.73. The first-order valence-electron chi connectivity index (χ1n) is 7.02. The van der Waals surface area contributed by atoms with Crippen molar-refractivity contribution in [3.8, 4) is 0 Å². The molecule has 0 saturated carbocycles. The summed E-state index contributed by atoms with van der Waals surface area (Å²) in [5, 5.41) is 14.1. The van der Waals surface area contributed by atoms with Gasteiger partial charge in [-0.25, -0.2) is 0 Å². The molecule has 0 aliphatic carbocycles. The van der Waals surface area contributed by atoms with Gasteiger partial charge in [-0.15, -0.1) is 21.5 Å². The number of nitrogens with zero attached hydrogens (tertiary/aromatic N) is 2. The minimum absolute atomic E-state index is 0.448. The van der Waals surface area contributed by atoms with E-state index in [0.717, 1.165) is 49.0 Å². The Bertz CT molecular complexity index is 337. The fourth-order valence-electron chi connectivity index (χ4n) is 2.15. The van der Waals surface area contributed by atoms with Crippen LogP contribution < -0.4 is 5.32 Å². The van der Waals surface area contributed by atoms with Crippen molar-refractivity contribution in [2.45, 2.75) is 58.1 Å².